The predicted octanol–water partition coefficient (Wildman–Crippen LogP) is 19.2. The summed E-state index contributed by atoms with van der Waals surface area (Å²) < 4.78 is 5.37. The maximum Gasteiger partial charge on any atom is 0.343 e. The summed E-state index contributed by atoms with van der Waals surface area (Å²) in [6.07, 6.45) is 5.24. The van der Waals surface area contributed by atoms with Crippen LogP contribution in [0.1, 0.15) is 180 Å². The first kappa shape index (κ1) is 65.0. The lowest BCUT2D eigenvalue weighted by molar-refractivity contribution is -0.116. The molecule has 12 heteroatoms. The zero-order valence-corrected chi connectivity index (χ0v) is 55.7. The largest absolute Gasteiger partial charge is 0.508 e. The molecule has 0 aromatic heterocycles. The molecule has 0 atom stereocenters. The Hall–Kier alpha value is -6.44. The zero-order chi connectivity index (χ0) is 62.7. The number of thioether (sulfide) groups is 4. The van der Waals surface area contributed by atoms with Crippen LogP contribution in [0.15, 0.2) is 158 Å². The lowest BCUT2D eigenvalue weighted by atomic mass is 9.63. The number of benzene rings is 8. The Balaban J connectivity index is 0.000000176. The van der Waals surface area contributed by atoms with Crippen molar-refractivity contribution in [2.75, 3.05) is 28.3 Å². The third-order valence-corrected chi connectivity index (χ3v) is 24.6. The van der Waals surface area contributed by atoms with E-state index in [-0.39, 0.29) is 47.3 Å². The average molecular weight is 1240 g/mol. The highest BCUT2D eigenvalue weighted by Gasteiger charge is 2.45. The molecule has 0 bridgehead atoms. The van der Waals surface area contributed by atoms with E-state index in [0.717, 1.165) is 50.1 Å². The first-order valence-electron chi connectivity index (χ1n) is 30.3. The van der Waals surface area contributed by atoms with Gasteiger partial charge in [-0.3, -0.25) is 9.59 Å². The van der Waals surface area contributed by atoms with Gasteiger partial charge in [0.15, 0.2) is 0 Å². The fraction of sp³-hybridized carbons (Fsp3) is 0.360. The van der Waals surface area contributed by atoms with Crippen molar-refractivity contribution >= 4 is 97.9 Å². The van der Waals surface area contributed by atoms with Gasteiger partial charge in [0, 0.05) is 42.0 Å². The van der Waals surface area contributed by atoms with E-state index in [9.17, 15) is 24.3 Å². The molecule has 2 saturated heterocycles. The fourth-order valence-corrected chi connectivity index (χ4v) is 18.9. The number of phenols is 1. The SMILES string of the molecule is CC.CC(=O)Cc1ccc(OC(=O)c2ccc3cc(C4(c5ccc6c(c5)C(C)(C)CCC6(C)C)SCCS4)ccc3c2)cc1.CC(=O)Nc1ccc(O)cc1.CC1(C)CCC(C)(C)c2cc(C3(c4ccc5cc(C(=O)O)ccc5c4)SCCS3)ccc21. The number of hydrogen-bond donors (Lipinski definition) is 3. The first-order valence-corrected chi connectivity index (χ1v) is 34.3. The zero-order valence-electron chi connectivity index (χ0n) is 52.4. The molecule has 8 aromatic rings. The van der Waals surface area contributed by atoms with Crippen molar-refractivity contribution in [3.63, 3.8) is 0 Å². The average Bonchev–Trinajstić information content (AvgIpc) is 1.68. The fourth-order valence-electron chi connectivity index (χ4n) is 12.4. The van der Waals surface area contributed by atoms with Crippen LogP contribution >= 0.6 is 47.0 Å². The number of carbonyl (C=O) groups is 4. The number of ketones is 1. The molecule has 4 aliphatic rings. The summed E-state index contributed by atoms with van der Waals surface area (Å²) in [6, 6.07) is 52.5. The van der Waals surface area contributed by atoms with Gasteiger partial charge in [0.2, 0.25) is 5.91 Å². The van der Waals surface area contributed by atoms with Crippen molar-refractivity contribution in [2.24, 2.45) is 0 Å². The molecule has 454 valence electrons. The van der Waals surface area contributed by atoms with E-state index < -0.39 is 11.9 Å². The van der Waals surface area contributed by atoms with Crippen molar-refractivity contribution in [1.29, 1.82) is 0 Å². The number of ether oxygens (including phenoxy) is 1. The van der Waals surface area contributed by atoms with Crippen LogP contribution in [0.3, 0.4) is 0 Å². The van der Waals surface area contributed by atoms with Gasteiger partial charge in [0.05, 0.1) is 11.1 Å². The standard InChI is InChI=1S/C37H38O3S2.C28H30O2S2.C8H9NO2.C2H6/c1-24(38)20-25-6-13-31(14-7-25)40-34(39)28-9-8-27-22-29(11-10-26(27)21-28)37(41-18-19-42-37)30-12-15-32-33(23-30)36(4,5)17-16-35(32,2)3;1-26(2)11-12-27(3,4)24-17-22(9-10-23(24)26)28(31-13-14-32-28)21-8-7-18-15-20(25(29)30)6-5-19(18)16-21;1-6(10)9-7-2-4-8(11)5-3-7;1-2/h6-15,21-23H,16-20H2,1-5H3;5-10,15-17H,11-14H2,1-4H3,(H,29,30);2-5,11H,1H3,(H,9,10);1-2H3. The molecule has 2 fully saturated rings. The van der Waals surface area contributed by atoms with Gasteiger partial charge in [0.1, 0.15) is 25.4 Å². The van der Waals surface area contributed by atoms with Crippen LogP contribution in [0.25, 0.3) is 21.5 Å². The second kappa shape index (κ2) is 26.3. The quantitative estimate of drug-likeness (QED) is 0.0687. The number of aromatic hydroxyl groups is 1. The van der Waals surface area contributed by atoms with Gasteiger partial charge in [-0.25, -0.2) is 9.59 Å². The number of amides is 1. The van der Waals surface area contributed by atoms with Crippen LogP contribution in [0.5, 0.6) is 11.5 Å². The maximum atomic E-state index is 13.0. The van der Waals surface area contributed by atoms with Gasteiger partial charge in [-0.05, 0) is 199 Å². The Labute approximate surface area is 532 Å². The summed E-state index contributed by atoms with van der Waals surface area (Å²) in [7, 11) is 0. The second-order valence-electron chi connectivity index (χ2n) is 25.7. The van der Waals surface area contributed by atoms with Crippen molar-refractivity contribution in [1.82, 2.24) is 0 Å². The molecule has 2 aliphatic heterocycles. The summed E-state index contributed by atoms with van der Waals surface area (Å²) in [5.41, 5.74) is 14.6. The Morgan fingerprint density at radius 3 is 1.26 bits per heavy atom. The van der Waals surface area contributed by atoms with Crippen LogP contribution in [0.4, 0.5) is 5.69 Å². The third-order valence-electron chi connectivity index (χ3n) is 17.6. The van der Waals surface area contributed by atoms with Crippen LogP contribution < -0.4 is 10.1 Å². The molecule has 8 aromatic carbocycles. The van der Waals surface area contributed by atoms with Crippen LogP contribution in [-0.2, 0) is 45.8 Å². The number of carboxylic acid groups (broad SMARTS) is 1. The Morgan fingerprint density at radius 2 is 0.839 bits per heavy atom. The molecule has 87 heavy (non-hydrogen) atoms. The number of phenolic OH excluding ortho intramolecular Hbond substituents is 1. The number of carbonyl (C=O) groups excluding carboxylic acids is 3. The van der Waals surface area contributed by atoms with Gasteiger partial charge < -0.3 is 20.3 Å². The number of anilines is 1. The Morgan fingerprint density at radius 1 is 0.460 bits per heavy atom. The summed E-state index contributed by atoms with van der Waals surface area (Å²) in [5.74, 6) is 3.88. The van der Waals surface area contributed by atoms with Crippen molar-refractivity contribution in [3.8, 4) is 11.5 Å². The Bertz CT molecular complexity index is 3850. The Kier molecular flexibility index (Phi) is 19.7. The molecule has 2 heterocycles. The van der Waals surface area contributed by atoms with E-state index in [1.54, 1.807) is 43.3 Å². The maximum absolute atomic E-state index is 13.0. The lowest BCUT2D eigenvalue weighted by Crippen LogP contribution is -2.34. The molecule has 0 spiro atoms. The normalized spacial score (nSPS) is 17.7. The first-order chi connectivity index (χ1) is 41.3. The lowest BCUT2D eigenvalue weighted by Gasteiger charge is -2.43. The van der Waals surface area contributed by atoms with Crippen molar-refractivity contribution in [3.05, 3.63) is 219 Å². The minimum absolute atomic E-state index is 0.103. The molecule has 0 unspecified atom stereocenters. The van der Waals surface area contributed by atoms with Crippen LogP contribution in [0.2, 0.25) is 0 Å². The molecule has 2 aliphatic carbocycles. The van der Waals surface area contributed by atoms with E-state index in [0.29, 0.717) is 29.0 Å². The number of Topliss-reactive ketones (excluding diaryl/α,β-unsaturated/α-hetero) is 1. The number of esters is 1. The van der Waals surface area contributed by atoms with E-state index in [4.69, 9.17) is 9.84 Å². The van der Waals surface area contributed by atoms with Crippen molar-refractivity contribution < 1.29 is 34.1 Å². The molecule has 0 radical (unpaired) electrons. The van der Waals surface area contributed by atoms with E-state index in [2.05, 4.69) is 134 Å². The highest BCUT2D eigenvalue weighted by atomic mass is 32.2. The molecule has 3 N–H and O–H groups in total. The highest BCUT2D eigenvalue weighted by Crippen LogP contribution is 2.60. The summed E-state index contributed by atoms with van der Waals surface area (Å²) in [6.45, 7) is 26.1. The number of rotatable bonds is 10. The van der Waals surface area contributed by atoms with E-state index >= 15 is 0 Å². The second-order valence-corrected chi connectivity index (χ2v) is 31.4. The summed E-state index contributed by atoms with van der Waals surface area (Å²) >= 11 is 8.14. The number of carboxylic acids is 1. The van der Waals surface area contributed by atoms with Gasteiger partial charge in [-0.2, -0.15) is 0 Å². The third kappa shape index (κ3) is 14.2. The summed E-state index contributed by atoms with van der Waals surface area (Å²) in [5, 5.41) is 25.0. The molecular formula is C75H83NO7S4. The number of nitrogens with one attached hydrogen (secondary N) is 1. The molecule has 12 rings (SSSR count). The molecule has 1 amide bonds. The molecular weight excluding hydrogens is 1160 g/mol. The van der Waals surface area contributed by atoms with Gasteiger partial charge in [0.25, 0.3) is 0 Å². The van der Waals surface area contributed by atoms with Crippen molar-refractivity contribution in [2.45, 2.75) is 145 Å². The van der Waals surface area contributed by atoms with Gasteiger partial charge in [-0.1, -0.05) is 154 Å². The minimum atomic E-state index is -0.881. The van der Waals surface area contributed by atoms with Gasteiger partial charge in [-0.15, -0.1) is 47.0 Å². The number of aromatic carboxylic acids is 1. The summed E-state index contributed by atoms with van der Waals surface area (Å²) in [4.78, 5) is 46.2. The topological polar surface area (TPSA) is 130 Å². The van der Waals surface area contributed by atoms with Gasteiger partial charge >= 0.3 is 11.9 Å². The van der Waals surface area contributed by atoms with Crippen LogP contribution in [-0.4, -0.2) is 56.9 Å². The predicted molar refractivity (Wildman–Crippen MR) is 369 cm³/mol. The smallest absolute Gasteiger partial charge is 0.343 e. The minimum Gasteiger partial charge on any atom is -0.508 e. The van der Waals surface area contributed by atoms with E-state index in [1.165, 1.54) is 89.2 Å². The monoisotopic (exact) mass is 1240 g/mol. The van der Waals surface area contributed by atoms with Crippen LogP contribution in [0, 0.1) is 0 Å². The number of hydrogen-bond acceptors (Lipinski definition) is 10. The molecule has 0 saturated carbocycles. The molecule has 8 nitrogen and oxygen atoms in total. The number of fused-ring (bicyclic) bond motifs is 4. The van der Waals surface area contributed by atoms with E-state index in [1.807, 2.05) is 97.3 Å². The highest BCUT2D eigenvalue weighted by molar-refractivity contribution is 8.21.